The van der Waals surface area contributed by atoms with Gasteiger partial charge in [0.25, 0.3) is 0 Å². The molecule has 1 heterocycles. The number of rotatable bonds is 6. The minimum Gasteiger partial charge on any atom is -0.480 e. The number of nitrogens with one attached hydrogen (secondary N) is 1. The van der Waals surface area contributed by atoms with Crippen LogP contribution in [0.5, 0.6) is 0 Å². The molecule has 0 radical (unpaired) electrons. The number of sulfonamides is 1. The number of carbonyl (C=O) groups is 1. The van der Waals surface area contributed by atoms with E-state index < -0.39 is 22.0 Å². The molecule has 0 amide bonds. The fraction of sp³-hybridized carbons (Fsp3) is 0.111. The van der Waals surface area contributed by atoms with E-state index >= 15 is 0 Å². The first-order valence-electron chi connectivity index (χ1n) is 7.60. The number of para-hydroxylation sites is 1. The molecule has 1 unspecified atom stereocenters. The number of nitrogens with zero attached hydrogens (tertiary/aromatic N) is 1. The molecule has 25 heavy (non-hydrogen) atoms. The Kier molecular flexibility index (Phi) is 4.78. The van der Waals surface area contributed by atoms with Gasteiger partial charge in [-0.2, -0.15) is 4.72 Å². The van der Waals surface area contributed by atoms with Crippen LogP contribution in [0.2, 0.25) is 0 Å². The largest absolute Gasteiger partial charge is 0.480 e. The van der Waals surface area contributed by atoms with Gasteiger partial charge in [-0.3, -0.25) is 9.78 Å². The van der Waals surface area contributed by atoms with Crippen molar-refractivity contribution >= 4 is 26.9 Å². The van der Waals surface area contributed by atoms with E-state index in [-0.39, 0.29) is 11.3 Å². The number of carboxylic acid groups (broad SMARTS) is 1. The molecule has 0 saturated heterocycles. The minimum atomic E-state index is -4.04. The Morgan fingerprint density at radius 3 is 2.48 bits per heavy atom. The molecule has 0 fully saturated rings. The van der Waals surface area contributed by atoms with Gasteiger partial charge in [0.15, 0.2) is 0 Å². The monoisotopic (exact) mass is 356 g/mol. The van der Waals surface area contributed by atoms with E-state index in [1.807, 2.05) is 6.07 Å². The molecule has 0 aliphatic rings. The standard InChI is InChI=1S/C18H16N2O4S/c21-18(22)15(12-13-6-2-1-3-7-13)20-25(23,24)16-10-4-8-14-9-5-11-19-17(14)16/h1-11,15,20H,12H2,(H,21,22). The molecular weight excluding hydrogens is 340 g/mol. The molecule has 0 saturated carbocycles. The summed E-state index contributed by atoms with van der Waals surface area (Å²) in [5.41, 5.74) is 1.04. The van der Waals surface area contributed by atoms with Crippen LogP contribution in [0, 0.1) is 0 Å². The highest BCUT2D eigenvalue weighted by molar-refractivity contribution is 7.89. The van der Waals surface area contributed by atoms with E-state index in [2.05, 4.69) is 9.71 Å². The summed E-state index contributed by atoms with van der Waals surface area (Å²) in [6.07, 6.45) is 1.55. The number of hydrogen-bond acceptors (Lipinski definition) is 4. The van der Waals surface area contributed by atoms with Crippen LogP contribution in [0.25, 0.3) is 10.9 Å². The Hall–Kier alpha value is -2.77. The SMILES string of the molecule is O=C(O)C(Cc1ccccc1)NS(=O)(=O)c1cccc2cccnc12. The lowest BCUT2D eigenvalue weighted by atomic mass is 10.1. The van der Waals surface area contributed by atoms with Gasteiger partial charge in [0.2, 0.25) is 10.0 Å². The van der Waals surface area contributed by atoms with Crippen molar-refractivity contribution in [2.24, 2.45) is 0 Å². The fourth-order valence-corrected chi connectivity index (χ4v) is 3.94. The van der Waals surface area contributed by atoms with Crippen molar-refractivity contribution in [3.8, 4) is 0 Å². The van der Waals surface area contributed by atoms with E-state index in [0.29, 0.717) is 10.9 Å². The second-order valence-electron chi connectivity index (χ2n) is 5.53. The third-order valence-corrected chi connectivity index (χ3v) is 5.27. The summed E-state index contributed by atoms with van der Waals surface area (Å²) in [7, 11) is -4.04. The first-order chi connectivity index (χ1) is 12.0. The average molecular weight is 356 g/mol. The maximum absolute atomic E-state index is 12.7. The fourth-order valence-electron chi connectivity index (χ4n) is 2.57. The second kappa shape index (κ2) is 7.00. The number of pyridine rings is 1. The second-order valence-corrected chi connectivity index (χ2v) is 7.22. The van der Waals surface area contributed by atoms with Crippen LogP contribution in [-0.4, -0.2) is 30.5 Å². The predicted octanol–water partition coefficient (Wildman–Crippen LogP) is 2.21. The molecule has 3 aromatic rings. The summed E-state index contributed by atoms with van der Waals surface area (Å²) in [5, 5.41) is 10.1. The van der Waals surface area contributed by atoms with Crippen molar-refractivity contribution in [3.63, 3.8) is 0 Å². The molecule has 3 rings (SSSR count). The maximum atomic E-state index is 12.7. The molecule has 7 heteroatoms. The molecular formula is C18H16N2O4S. The zero-order valence-electron chi connectivity index (χ0n) is 13.2. The zero-order valence-corrected chi connectivity index (χ0v) is 14.0. The van der Waals surface area contributed by atoms with Crippen molar-refractivity contribution < 1.29 is 18.3 Å². The first kappa shape index (κ1) is 17.1. The van der Waals surface area contributed by atoms with Crippen molar-refractivity contribution in [3.05, 3.63) is 72.4 Å². The smallest absolute Gasteiger partial charge is 0.322 e. The van der Waals surface area contributed by atoms with E-state index in [0.717, 1.165) is 5.56 Å². The van der Waals surface area contributed by atoms with Crippen molar-refractivity contribution in [1.82, 2.24) is 9.71 Å². The van der Waals surface area contributed by atoms with Crippen LogP contribution in [-0.2, 0) is 21.2 Å². The Bertz CT molecular complexity index is 999. The molecule has 0 aliphatic carbocycles. The van der Waals surface area contributed by atoms with E-state index in [1.54, 1.807) is 48.5 Å². The molecule has 2 N–H and O–H groups in total. The van der Waals surface area contributed by atoms with E-state index in [1.165, 1.54) is 12.3 Å². The molecule has 128 valence electrons. The van der Waals surface area contributed by atoms with Crippen LogP contribution >= 0.6 is 0 Å². The molecule has 6 nitrogen and oxygen atoms in total. The van der Waals surface area contributed by atoms with Gasteiger partial charge in [0, 0.05) is 11.6 Å². The number of carboxylic acids is 1. The van der Waals surface area contributed by atoms with Gasteiger partial charge in [-0.05, 0) is 24.1 Å². The normalized spacial score (nSPS) is 12.8. The maximum Gasteiger partial charge on any atom is 0.322 e. The highest BCUT2D eigenvalue weighted by atomic mass is 32.2. The molecule has 1 aromatic heterocycles. The first-order valence-corrected chi connectivity index (χ1v) is 9.08. The van der Waals surface area contributed by atoms with Crippen LogP contribution in [0.15, 0.2) is 71.8 Å². The summed E-state index contributed by atoms with van der Waals surface area (Å²) in [6, 6.07) is 15.8. The zero-order chi connectivity index (χ0) is 17.9. The Labute approximate surface area is 145 Å². The summed E-state index contributed by atoms with van der Waals surface area (Å²) < 4.78 is 27.8. The Morgan fingerprint density at radius 1 is 1.04 bits per heavy atom. The Morgan fingerprint density at radius 2 is 1.76 bits per heavy atom. The third-order valence-electron chi connectivity index (χ3n) is 3.76. The van der Waals surface area contributed by atoms with Crippen LogP contribution in [0.1, 0.15) is 5.56 Å². The van der Waals surface area contributed by atoms with Gasteiger partial charge < -0.3 is 5.11 Å². The predicted molar refractivity (Wildman–Crippen MR) is 93.6 cm³/mol. The number of aromatic nitrogens is 1. The number of hydrogen-bond donors (Lipinski definition) is 2. The summed E-state index contributed by atoms with van der Waals surface area (Å²) in [6.45, 7) is 0. The van der Waals surface area contributed by atoms with Crippen molar-refractivity contribution in [1.29, 1.82) is 0 Å². The molecule has 0 bridgehead atoms. The molecule has 1 atom stereocenters. The number of benzene rings is 2. The summed E-state index contributed by atoms with van der Waals surface area (Å²) in [4.78, 5) is 15.6. The van der Waals surface area contributed by atoms with Gasteiger partial charge in [-0.1, -0.05) is 48.5 Å². The van der Waals surface area contributed by atoms with E-state index in [9.17, 15) is 18.3 Å². The lowest BCUT2D eigenvalue weighted by Gasteiger charge is -2.15. The van der Waals surface area contributed by atoms with Crippen LogP contribution < -0.4 is 4.72 Å². The quantitative estimate of drug-likeness (QED) is 0.706. The molecule has 0 aliphatic heterocycles. The van der Waals surface area contributed by atoms with Gasteiger partial charge in [-0.15, -0.1) is 0 Å². The highest BCUT2D eigenvalue weighted by Crippen LogP contribution is 2.21. The highest BCUT2D eigenvalue weighted by Gasteiger charge is 2.27. The van der Waals surface area contributed by atoms with E-state index in [4.69, 9.17) is 0 Å². The molecule has 0 spiro atoms. The van der Waals surface area contributed by atoms with Crippen LogP contribution in [0.3, 0.4) is 0 Å². The van der Waals surface area contributed by atoms with Gasteiger partial charge >= 0.3 is 5.97 Å². The lowest BCUT2D eigenvalue weighted by Crippen LogP contribution is -2.42. The average Bonchev–Trinajstić information content (AvgIpc) is 2.61. The Balaban J connectivity index is 1.94. The molecule has 2 aromatic carbocycles. The topological polar surface area (TPSA) is 96.4 Å². The van der Waals surface area contributed by atoms with Crippen LogP contribution in [0.4, 0.5) is 0 Å². The van der Waals surface area contributed by atoms with Gasteiger partial charge in [0.1, 0.15) is 10.9 Å². The third kappa shape index (κ3) is 3.84. The van der Waals surface area contributed by atoms with Crippen molar-refractivity contribution in [2.45, 2.75) is 17.4 Å². The summed E-state index contributed by atoms with van der Waals surface area (Å²) in [5.74, 6) is -1.24. The number of fused-ring (bicyclic) bond motifs is 1. The lowest BCUT2D eigenvalue weighted by molar-refractivity contribution is -0.138. The van der Waals surface area contributed by atoms with Gasteiger partial charge in [0.05, 0.1) is 5.52 Å². The minimum absolute atomic E-state index is 0.0371. The number of aliphatic carboxylic acids is 1. The van der Waals surface area contributed by atoms with Crippen molar-refractivity contribution in [2.75, 3.05) is 0 Å². The van der Waals surface area contributed by atoms with Gasteiger partial charge in [-0.25, -0.2) is 8.42 Å². The summed E-state index contributed by atoms with van der Waals surface area (Å²) >= 11 is 0.